The zero-order chi connectivity index (χ0) is 28.6. The van der Waals surface area contributed by atoms with Crippen LogP contribution < -0.4 is 0 Å². The topological polar surface area (TPSA) is 0 Å². The highest BCUT2D eigenvalue weighted by Crippen LogP contribution is 2.38. The first-order valence-corrected chi connectivity index (χ1v) is 16.4. The van der Waals surface area contributed by atoms with Crippen LogP contribution in [-0.4, -0.2) is 0 Å². The van der Waals surface area contributed by atoms with E-state index in [9.17, 15) is 0 Å². The van der Waals surface area contributed by atoms with Crippen LogP contribution in [0, 0.1) is 0 Å². The fourth-order valence-corrected chi connectivity index (χ4v) is 6.04. The van der Waals surface area contributed by atoms with Crippen molar-refractivity contribution in [1.82, 2.24) is 0 Å². The monoisotopic (exact) mass is 518 g/mol. The van der Waals surface area contributed by atoms with Gasteiger partial charge in [-0.3, -0.25) is 0 Å². The predicted octanol–water partition coefficient (Wildman–Crippen LogP) is 12.6. The lowest BCUT2D eigenvalue weighted by atomic mass is 9.78. The van der Waals surface area contributed by atoms with E-state index in [0.717, 1.165) is 12.8 Å². The van der Waals surface area contributed by atoms with Gasteiger partial charge in [-0.15, -0.1) is 0 Å². The molecule has 0 saturated carbocycles. The maximum absolute atomic E-state index is 2.64. The summed E-state index contributed by atoms with van der Waals surface area (Å²) < 4.78 is 0. The highest BCUT2D eigenvalue weighted by Gasteiger charge is 2.22. The minimum Gasteiger partial charge on any atom is -0.0648 e. The summed E-state index contributed by atoms with van der Waals surface area (Å²) in [5.74, 6) is 3.70. The van der Waals surface area contributed by atoms with Crippen molar-refractivity contribution in [2.24, 2.45) is 0 Å². The van der Waals surface area contributed by atoms with E-state index in [1.807, 2.05) is 0 Å². The van der Waals surface area contributed by atoms with Crippen molar-refractivity contribution in [3.05, 3.63) is 68.8 Å². The first kappa shape index (κ1) is 32.7. The third-order valence-electron chi connectivity index (χ3n) is 10.2. The lowest BCUT2D eigenvalue weighted by Crippen LogP contribution is -2.11. The molecular weight excluding hydrogens is 456 g/mol. The average Bonchev–Trinajstić information content (AvgIpc) is 2.96. The normalized spacial score (nSPS) is 16.6. The van der Waals surface area contributed by atoms with Crippen LogP contribution in [0.4, 0.5) is 0 Å². The van der Waals surface area contributed by atoms with Crippen molar-refractivity contribution in [3.63, 3.8) is 0 Å². The molecule has 2 aromatic rings. The molecule has 2 aromatic carbocycles. The van der Waals surface area contributed by atoms with Crippen LogP contribution in [0.25, 0.3) is 0 Å². The first-order valence-electron chi connectivity index (χ1n) is 16.4. The van der Waals surface area contributed by atoms with Gasteiger partial charge in [-0.2, -0.15) is 0 Å². The van der Waals surface area contributed by atoms with E-state index in [1.165, 1.54) is 38.5 Å². The standard InChI is InChI=1S/C38H62/c1-13-25(7)33-23-37(29(11)17-5)35(27(9)15-3)21-31(33)19-20-32-22-36(28(10)16-4)38(30(12)18-6)24-34(32)26(8)14-2/h21-30H,13-20H2,1-12H3. The number of rotatable bonds is 15. The third-order valence-corrected chi connectivity index (χ3v) is 10.2. The lowest BCUT2D eigenvalue weighted by molar-refractivity contribution is 0.657. The van der Waals surface area contributed by atoms with Gasteiger partial charge in [0.1, 0.15) is 0 Å². The van der Waals surface area contributed by atoms with Crippen LogP contribution in [0.5, 0.6) is 0 Å². The van der Waals surface area contributed by atoms with Gasteiger partial charge in [0.2, 0.25) is 0 Å². The summed E-state index contributed by atoms with van der Waals surface area (Å²) in [6.07, 6.45) is 9.54. The van der Waals surface area contributed by atoms with Gasteiger partial charge in [0, 0.05) is 0 Å². The van der Waals surface area contributed by atoms with Crippen molar-refractivity contribution in [3.8, 4) is 0 Å². The van der Waals surface area contributed by atoms with Crippen molar-refractivity contribution in [2.75, 3.05) is 0 Å². The molecule has 0 fully saturated rings. The molecule has 0 radical (unpaired) electrons. The van der Waals surface area contributed by atoms with Crippen molar-refractivity contribution >= 4 is 0 Å². The van der Waals surface area contributed by atoms with E-state index >= 15 is 0 Å². The zero-order valence-electron chi connectivity index (χ0n) is 27.4. The smallest absolute Gasteiger partial charge is 0.0190 e. The number of hydrogen-bond acceptors (Lipinski definition) is 0. The van der Waals surface area contributed by atoms with Crippen molar-refractivity contribution in [1.29, 1.82) is 0 Å². The summed E-state index contributed by atoms with van der Waals surface area (Å²) in [4.78, 5) is 0. The molecule has 214 valence electrons. The molecule has 0 amide bonds. The SMILES string of the molecule is CCC(C)c1cc(C(C)CC)c(C(C)CC)cc1CCc1cc(C(C)CC)c(C(C)CC)cc1C(C)CC. The summed E-state index contributed by atoms with van der Waals surface area (Å²) in [7, 11) is 0. The quantitative estimate of drug-likeness (QED) is 0.220. The van der Waals surface area contributed by atoms with E-state index in [-0.39, 0.29) is 0 Å². The second kappa shape index (κ2) is 15.3. The first-order chi connectivity index (χ1) is 18.1. The second-order valence-corrected chi connectivity index (χ2v) is 12.7. The Morgan fingerprint density at radius 2 is 0.553 bits per heavy atom. The van der Waals surface area contributed by atoms with Gasteiger partial charge in [0.05, 0.1) is 0 Å². The van der Waals surface area contributed by atoms with Gasteiger partial charge in [-0.05, 0) is 131 Å². The Morgan fingerprint density at radius 1 is 0.342 bits per heavy atom. The zero-order valence-corrected chi connectivity index (χ0v) is 27.4. The predicted molar refractivity (Wildman–Crippen MR) is 173 cm³/mol. The molecule has 0 bridgehead atoms. The largest absolute Gasteiger partial charge is 0.0648 e. The summed E-state index contributed by atoms with van der Waals surface area (Å²) in [5, 5.41) is 0. The Labute approximate surface area is 238 Å². The molecule has 0 N–H and O–H groups in total. The molecule has 2 rings (SSSR count). The van der Waals surface area contributed by atoms with Gasteiger partial charge >= 0.3 is 0 Å². The fourth-order valence-electron chi connectivity index (χ4n) is 6.04. The van der Waals surface area contributed by atoms with Gasteiger partial charge in [-0.25, -0.2) is 0 Å². The molecule has 6 unspecified atom stereocenters. The highest BCUT2D eigenvalue weighted by molar-refractivity contribution is 5.46. The molecule has 38 heavy (non-hydrogen) atoms. The van der Waals surface area contributed by atoms with E-state index < -0.39 is 0 Å². The van der Waals surface area contributed by atoms with Crippen LogP contribution in [0.3, 0.4) is 0 Å². The van der Waals surface area contributed by atoms with Gasteiger partial charge in [0.25, 0.3) is 0 Å². The molecule has 0 saturated heterocycles. The number of benzene rings is 2. The molecule has 6 atom stereocenters. The van der Waals surface area contributed by atoms with Gasteiger partial charge in [-0.1, -0.05) is 107 Å². The fraction of sp³-hybridized carbons (Fsp3) is 0.684. The van der Waals surface area contributed by atoms with Gasteiger partial charge < -0.3 is 0 Å². The van der Waals surface area contributed by atoms with Crippen LogP contribution in [0.2, 0.25) is 0 Å². The Morgan fingerprint density at radius 3 is 0.789 bits per heavy atom. The third kappa shape index (κ3) is 7.55. The minimum atomic E-state index is 0.608. The van der Waals surface area contributed by atoms with E-state index in [0.29, 0.717) is 35.5 Å². The molecule has 0 aromatic heterocycles. The molecular formula is C38H62. The maximum Gasteiger partial charge on any atom is -0.0190 e. The molecule has 0 heterocycles. The molecule has 0 nitrogen and oxygen atoms in total. The van der Waals surface area contributed by atoms with E-state index in [2.05, 4.69) is 107 Å². The average molecular weight is 519 g/mol. The van der Waals surface area contributed by atoms with Crippen LogP contribution >= 0.6 is 0 Å². The minimum absolute atomic E-state index is 0.608. The molecule has 0 aliphatic carbocycles. The van der Waals surface area contributed by atoms with Crippen molar-refractivity contribution in [2.45, 2.75) is 170 Å². The van der Waals surface area contributed by atoms with Crippen LogP contribution in [-0.2, 0) is 12.8 Å². The summed E-state index contributed by atoms with van der Waals surface area (Å²) in [5.41, 5.74) is 12.9. The highest BCUT2D eigenvalue weighted by atomic mass is 14.3. The Kier molecular flexibility index (Phi) is 13.1. The van der Waals surface area contributed by atoms with E-state index in [1.54, 1.807) is 44.5 Å². The maximum atomic E-state index is 2.64. The number of hydrogen-bond donors (Lipinski definition) is 0. The van der Waals surface area contributed by atoms with Crippen molar-refractivity contribution < 1.29 is 0 Å². The Hall–Kier alpha value is -1.56. The van der Waals surface area contributed by atoms with Gasteiger partial charge in [0.15, 0.2) is 0 Å². The Balaban J connectivity index is 2.67. The van der Waals surface area contributed by atoms with Crippen LogP contribution in [0.15, 0.2) is 24.3 Å². The lowest BCUT2D eigenvalue weighted by Gasteiger charge is -2.27. The summed E-state index contributed by atoms with van der Waals surface area (Å²) >= 11 is 0. The molecule has 0 aliphatic rings. The molecule has 0 aliphatic heterocycles. The van der Waals surface area contributed by atoms with E-state index in [4.69, 9.17) is 0 Å². The number of aryl methyl sites for hydroxylation is 2. The molecule has 0 heteroatoms. The second-order valence-electron chi connectivity index (χ2n) is 12.7. The Bertz CT molecular complexity index is 914. The van der Waals surface area contributed by atoms with Crippen LogP contribution in [0.1, 0.15) is 202 Å². The summed E-state index contributed by atoms with van der Waals surface area (Å²) in [6, 6.07) is 10.5. The molecule has 0 spiro atoms. The summed E-state index contributed by atoms with van der Waals surface area (Å²) in [6.45, 7) is 28.7.